The summed E-state index contributed by atoms with van der Waals surface area (Å²) in [7, 11) is 0. The van der Waals surface area contributed by atoms with Gasteiger partial charge in [-0.1, -0.05) is 28.4 Å². The van der Waals surface area contributed by atoms with Crippen molar-refractivity contribution in [2.45, 2.75) is 26.0 Å². The minimum atomic E-state index is -0.652. The first-order valence-electron chi connectivity index (χ1n) is 5.55. The number of halogens is 2. The third kappa shape index (κ3) is 3.83. The van der Waals surface area contributed by atoms with E-state index in [-0.39, 0.29) is 6.61 Å². The van der Waals surface area contributed by atoms with Gasteiger partial charge >= 0.3 is 0 Å². The summed E-state index contributed by atoms with van der Waals surface area (Å²) in [6.07, 6.45) is 0. The zero-order chi connectivity index (χ0) is 14.0. The number of benzene rings is 1. The molecule has 2 aromatic rings. The fourth-order valence-corrected chi connectivity index (χ4v) is 1.84. The minimum Gasteiger partial charge on any atom is -0.484 e. The van der Waals surface area contributed by atoms with Gasteiger partial charge in [-0.15, -0.1) is 0 Å². The van der Waals surface area contributed by atoms with E-state index in [1.54, 1.807) is 32.0 Å². The molecule has 0 atom stereocenters. The lowest BCUT2D eigenvalue weighted by molar-refractivity contribution is 0.242. The van der Waals surface area contributed by atoms with Crippen LogP contribution in [0.2, 0.25) is 10.0 Å². The van der Waals surface area contributed by atoms with E-state index >= 15 is 0 Å². The summed E-state index contributed by atoms with van der Waals surface area (Å²) in [6, 6.07) is 4.92. The molecule has 0 aliphatic heterocycles. The number of ether oxygens (including phenoxy) is 1. The second-order valence-corrected chi connectivity index (χ2v) is 5.50. The van der Waals surface area contributed by atoms with Gasteiger partial charge in [0.1, 0.15) is 5.75 Å². The number of aromatic nitrogens is 2. The summed E-state index contributed by atoms with van der Waals surface area (Å²) < 4.78 is 10.5. The van der Waals surface area contributed by atoms with Gasteiger partial charge in [-0.25, -0.2) is 0 Å². The zero-order valence-corrected chi connectivity index (χ0v) is 12.0. The van der Waals surface area contributed by atoms with Crippen molar-refractivity contribution in [3.63, 3.8) is 0 Å². The van der Waals surface area contributed by atoms with E-state index in [9.17, 15) is 0 Å². The first-order valence-corrected chi connectivity index (χ1v) is 6.31. The number of hydrogen-bond donors (Lipinski definition) is 1. The third-order valence-corrected chi connectivity index (χ3v) is 2.68. The van der Waals surface area contributed by atoms with Gasteiger partial charge in [0.2, 0.25) is 0 Å². The van der Waals surface area contributed by atoms with E-state index < -0.39 is 5.54 Å². The molecule has 102 valence electrons. The molecule has 0 bridgehead atoms. The van der Waals surface area contributed by atoms with Gasteiger partial charge in [-0.2, -0.15) is 4.98 Å². The van der Waals surface area contributed by atoms with Gasteiger partial charge in [0.25, 0.3) is 5.89 Å². The van der Waals surface area contributed by atoms with Gasteiger partial charge in [0.05, 0.1) is 5.54 Å². The van der Waals surface area contributed by atoms with Crippen LogP contribution >= 0.6 is 23.2 Å². The molecular formula is C12H13Cl2N3O2. The summed E-state index contributed by atoms with van der Waals surface area (Å²) in [5.41, 5.74) is 5.20. The Balaban J connectivity index is 2.04. The summed E-state index contributed by atoms with van der Waals surface area (Å²) in [4.78, 5) is 4.15. The zero-order valence-electron chi connectivity index (χ0n) is 10.5. The molecule has 0 radical (unpaired) electrons. The molecule has 7 heteroatoms. The van der Waals surface area contributed by atoms with E-state index in [1.165, 1.54) is 0 Å². The van der Waals surface area contributed by atoms with E-state index in [4.69, 9.17) is 38.2 Å². The van der Waals surface area contributed by atoms with Gasteiger partial charge in [0.15, 0.2) is 12.4 Å². The molecule has 2 N–H and O–H groups in total. The molecule has 1 heterocycles. The maximum Gasteiger partial charge on any atom is 0.264 e. The highest BCUT2D eigenvalue weighted by atomic mass is 35.5. The molecule has 1 aromatic carbocycles. The molecular weight excluding hydrogens is 289 g/mol. The van der Waals surface area contributed by atoms with Crippen molar-refractivity contribution in [1.29, 1.82) is 0 Å². The van der Waals surface area contributed by atoms with Crippen molar-refractivity contribution in [3.05, 3.63) is 40.0 Å². The maximum atomic E-state index is 5.86. The molecule has 0 aliphatic rings. The van der Waals surface area contributed by atoms with Crippen molar-refractivity contribution < 1.29 is 9.26 Å². The van der Waals surface area contributed by atoms with Gasteiger partial charge < -0.3 is 15.0 Å². The molecule has 0 unspecified atom stereocenters. The topological polar surface area (TPSA) is 74.2 Å². The van der Waals surface area contributed by atoms with Gasteiger partial charge in [-0.05, 0) is 32.0 Å². The highest BCUT2D eigenvalue weighted by molar-refractivity contribution is 6.34. The van der Waals surface area contributed by atoms with Crippen LogP contribution in [0.25, 0.3) is 0 Å². The lowest BCUT2D eigenvalue weighted by Crippen LogP contribution is -2.30. The third-order valence-electron chi connectivity index (χ3n) is 2.24. The van der Waals surface area contributed by atoms with Gasteiger partial charge in [0, 0.05) is 10.0 Å². The maximum absolute atomic E-state index is 5.86. The largest absolute Gasteiger partial charge is 0.484 e. The first kappa shape index (κ1) is 14.1. The Bertz CT molecular complexity index is 558. The van der Waals surface area contributed by atoms with Crippen molar-refractivity contribution in [2.75, 3.05) is 0 Å². The molecule has 5 nitrogen and oxygen atoms in total. The van der Waals surface area contributed by atoms with Crippen LogP contribution in [0.15, 0.2) is 22.7 Å². The number of nitrogens with two attached hydrogens (primary N) is 1. The molecule has 0 spiro atoms. The Morgan fingerprint density at radius 1 is 1.26 bits per heavy atom. The first-order chi connectivity index (χ1) is 8.84. The van der Waals surface area contributed by atoms with E-state index in [1.807, 2.05) is 0 Å². The van der Waals surface area contributed by atoms with Crippen LogP contribution in [0, 0.1) is 0 Å². The molecule has 0 aliphatic carbocycles. The Morgan fingerprint density at radius 3 is 2.42 bits per heavy atom. The average Bonchev–Trinajstić information content (AvgIpc) is 2.73. The van der Waals surface area contributed by atoms with Crippen molar-refractivity contribution >= 4 is 23.2 Å². The van der Waals surface area contributed by atoms with Crippen LogP contribution in [0.3, 0.4) is 0 Å². The Morgan fingerprint density at radius 2 is 1.89 bits per heavy atom. The number of hydrogen-bond acceptors (Lipinski definition) is 5. The predicted molar refractivity (Wildman–Crippen MR) is 72.3 cm³/mol. The van der Waals surface area contributed by atoms with Crippen LogP contribution in [-0.2, 0) is 12.1 Å². The summed E-state index contributed by atoms with van der Waals surface area (Å²) in [6.45, 7) is 3.71. The van der Waals surface area contributed by atoms with Crippen LogP contribution < -0.4 is 10.5 Å². The number of nitrogens with zero attached hydrogens (tertiary/aromatic N) is 2. The van der Waals surface area contributed by atoms with Gasteiger partial charge in [-0.3, -0.25) is 0 Å². The van der Waals surface area contributed by atoms with Crippen LogP contribution in [0.1, 0.15) is 25.6 Å². The van der Waals surface area contributed by atoms with Crippen LogP contribution in [0.4, 0.5) is 0 Å². The summed E-state index contributed by atoms with van der Waals surface area (Å²) in [5.74, 6) is 1.30. The summed E-state index contributed by atoms with van der Waals surface area (Å²) in [5, 5.41) is 4.79. The van der Waals surface area contributed by atoms with Crippen molar-refractivity contribution in [3.8, 4) is 5.75 Å². The quantitative estimate of drug-likeness (QED) is 0.939. The fraction of sp³-hybridized carbons (Fsp3) is 0.333. The van der Waals surface area contributed by atoms with E-state index in [0.717, 1.165) is 0 Å². The van der Waals surface area contributed by atoms with E-state index in [0.29, 0.717) is 27.5 Å². The molecule has 0 saturated carbocycles. The fourth-order valence-electron chi connectivity index (χ4n) is 1.33. The molecule has 0 saturated heterocycles. The Hall–Kier alpha value is -1.30. The second kappa shape index (κ2) is 5.36. The number of rotatable bonds is 4. The molecule has 2 rings (SSSR count). The predicted octanol–water partition coefficient (Wildman–Crippen LogP) is 3.15. The highest BCUT2D eigenvalue weighted by Gasteiger charge is 2.21. The Labute approximate surface area is 120 Å². The van der Waals surface area contributed by atoms with Crippen LogP contribution in [0.5, 0.6) is 5.75 Å². The average molecular weight is 302 g/mol. The van der Waals surface area contributed by atoms with Crippen LogP contribution in [-0.4, -0.2) is 10.1 Å². The van der Waals surface area contributed by atoms with E-state index in [2.05, 4.69) is 10.1 Å². The molecule has 0 fully saturated rings. The highest BCUT2D eigenvalue weighted by Crippen LogP contribution is 2.24. The van der Waals surface area contributed by atoms with Crippen molar-refractivity contribution in [1.82, 2.24) is 10.1 Å². The Kier molecular flexibility index (Phi) is 3.99. The lowest BCUT2D eigenvalue weighted by atomic mass is 10.1. The monoisotopic (exact) mass is 301 g/mol. The molecule has 0 amide bonds. The minimum absolute atomic E-state index is 0.125. The summed E-state index contributed by atoms with van der Waals surface area (Å²) >= 11 is 11.7. The normalized spacial score (nSPS) is 11.6. The molecule has 1 aromatic heterocycles. The SMILES string of the molecule is CC(C)(N)c1noc(COc2cc(Cl)cc(Cl)c2)n1. The second-order valence-electron chi connectivity index (χ2n) is 4.63. The van der Waals surface area contributed by atoms with Crippen molar-refractivity contribution in [2.24, 2.45) is 5.73 Å². The smallest absolute Gasteiger partial charge is 0.264 e. The molecule has 19 heavy (non-hydrogen) atoms. The lowest BCUT2D eigenvalue weighted by Gasteiger charge is -2.11. The standard InChI is InChI=1S/C12H13Cl2N3O2/c1-12(2,15)11-16-10(19-17-11)6-18-9-4-7(13)3-8(14)5-9/h3-5H,6,15H2,1-2H3.